The number of hydrogen-bond acceptors (Lipinski definition) is 3. The lowest BCUT2D eigenvalue weighted by molar-refractivity contribution is -0.131. The zero-order valence-electron chi connectivity index (χ0n) is 21.0. The number of nitrogens with zero attached hydrogens (tertiary/aromatic N) is 1. The first-order valence-corrected chi connectivity index (χ1v) is 12.0. The molecule has 0 spiro atoms. The van der Waals surface area contributed by atoms with Crippen molar-refractivity contribution in [1.29, 1.82) is 0 Å². The number of carbonyl (C=O) groups excluding carboxylic acids is 2. The fourth-order valence-corrected chi connectivity index (χ4v) is 5.30. The molecule has 3 nitrogen and oxygen atoms in total. The van der Waals surface area contributed by atoms with Crippen molar-refractivity contribution in [3.63, 3.8) is 0 Å². The normalized spacial score (nSPS) is 19.4. The van der Waals surface area contributed by atoms with Gasteiger partial charge in [-0.05, 0) is 67.1 Å². The number of fused-ring (bicyclic) bond motifs is 1. The Kier molecular flexibility index (Phi) is 5.80. The topological polar surface area (TPSA) is 47.0 Å². The maximum atomic E-state index is 12.4. The molecule has 3 heteroatoms. The van der Waals surface area contributed by atoms with Crippen LogP contribution < -0.4 is 0 Å². The van der Waals surface area contributed by atoms with Crippen molar-refractivity contribution < 1.29 is 9.59 Å². The third kappa shape index (κ3) is 4.14. The van der Waals surface area contributed by atoms with Crippen molar-refractivity contribution in [2.24, 2.45) is 0 Å². The smallest absolute Gasteiger partial charge is 0.147 e. The minimum atomic E-state index is -0.643. The minimum Gasteiger partial charge on any atom is -0.299 e. The molecule has 172 valence electrons. The molecular weight excluding hydrogens is 406 g/mol. The first kappa shape index (κ1) is 23.4. The van der Waals surface area contributed by atoms with Crippen molar-refractivity contribution in [3.05, 3.63) is 81.7 Å². The highest BCUT2D eigenvalue weighted by Crippen LogP contribution is 2.44. The summed E-state index contributed by atoms with van der Waals surface area (Å²) in [4.78, 5) is 29.5. The van der Waals surface area contributed by atoms with Crippen molar-refractivity contribution >= 4 is 17.1 Å². The first-order chi connectivity index (χ1) is 15.4. The Labute approximate surface area is 198 Å². The van der Waals surface area contributed by atoms with Gasteiger partial charge in [-0.2, -0.15) is 0 Å². The predicted octanol–water partition coefficient (Wildman–Crippen LogP) is 6.76. The van der Waals surface area contributed by atoms with E-state index in [1.807, 2.05) is 12.1 Å². The Hall–Kier alpha value is -2.81. The summed E-state index contributed by atoms with van der Waals surface area (Å²) in [6.07, 6.45) is 8.00. The fourth-order valence-electron chi connectivity index (χ4n) is 5.30. The van der Waals surface area contributed by atoms with Gasteiger partial charge in [0.15, 0.2) is 0 Å². The summed E-state index contributed by atoms with van der Waals surface area (Å²) in [5.74, 6) is -0.603. The molecular formula is C30H35NO2. The summed E-state index contributed by atoms with van der Waals surface area (Å²) in [7, 11) is 0. The van der Waals surface area contributed by atoms with Crippen molar-refractivity contribution in [3.8, 4) is 0 Å². The lowest BCUT2D eigenvalue weighted by atomic mass is 9.67. The van der Waals surface area contributed by atoms with Crippen LogP contribution in [-0.2, 0) is 20.4 Å². The Bertz CT molecular complexity index is 1170. The van der Waals surface area contributed by atoms with Crippen molar-refractivity contribution in [1.82, 2.24) is 4.98 Å². The molecule has 0 saturated heterocycles. The van der Waals surface area contributed by atoms with E-state index in [0.29, 0.717) is 19.3 Å². The Balaban J connectivity index is 1.79. The van der Waals surface area contributed by atoms with Crippen LogP contribution in [0.1, 0.15) is 100 Å². The van der Waals surface area contributed by atoms with Crippen molar-refractivity contribution in [2.75, 3.05) is 0 Å². The molecule has 1 fully saturated rings. The second-order valence-corrected chi connectivity index (χ2v) is 11.1. The molecule has 1 heterocycles. The molecule has 0 aliphatic heterocycles. The molecule has 1 aromatic heterocycles. The summed E-state index contributed by atoms with van der Waals surface area (Å²) >= 11 is 0. The lowest BCUT2D eigenvalue weighted by Crippen LogP contribution is -2.29. The standard InChI is InChI=1S/C30H35NO2/c1-18(2)27(24-12-11-20(17-31-24)28-25(32)9-8-10-26(28)33)21-16-23-22(15-19(21)3)29(4,5)13-14-30(23,6)7/h11-17,28H,8-10H2,1-7H3. The number of hydrogen-bond donors (Lipinski definition) is 0. The van der Waals surface area contributed by atoms with Crippen LogP contribution in [0.25, 0.3) is 5.57 Å². The number of aromatic nitrogens is 1. The molecule has 2 aromatic rings. The molecule has 1 aromatic carbocycles. The van der Waals surface area contributed by atoms with Crippen LogP contribution in [-0.4, -0.2) is 16.6 Å². The highest BCUT2D eigenvalue weighted by Gasteiger charge is 2.34. The van der Waals surface area contributed by atoms with E-state index in [4.69, 9.17) is 4.98 Å². The molecule has 0 radical (unpaired) electrons. The molecule has 1 saturated carbocycles. The highest BCUT2D eigenvalue weighted by atomic mass is 16.2. The fraction of sp³-hybridized carbons (Fsp3) is 0.433. The van der Waals surface area contributed by atoms with Gasteiger partial charge in [-0.3, -0.25) is 14.6 Å². The molecule has 0 unspecified atom stereocenters. The second kappa shape index (κ2) is 8.20. The van der Waals surface area contributed by atoms with Crippen molar-refractivity contribution in [2.45, 2.75) is 84.5 Å². The maximum Gasteiger partial charge on any atom is 0.147 e. The second-order valence-electron chi connectivity index (χ2n) is 11.1. The first-order valence-electron chi connectivity index (χ1n) is 12.0. The van der Waals surface area contributed by atoms with E-state index in [9.17, 15) is 9.59 Å². The summed E-state index contributed by atoms with van der Waals surface area (Å²) in [6.45, 7) is 15.5. The molecule has 2 aliphatic rings. The third-order valence-electron chi connectivity index (χ3n) is 7.31. The van der Waals surface area contributed by atoms with Crippen LogP contribution in [0.2, 0.25) is 0 Å². The lowest BCUT2D eigenvalue weighted by Gasteiger charge is -2.37. The summed E-state index contributed by atoms with van der Waals surface area (Å²) in [6, 6.07) is 8.58. The van der Waals surface area contributed by atoms with Gasteiger partial charge >= 0.3 is 0 Å². The van der Waals surface area contributed by atoms with Gasteiger partial charge in [-0.1, -0.05) is 57.6 Å². The molecule has 0 N–H and O–H groups in total. The summed E-state index contributed by atoms with van der Waals surface area (Å²) < 4.78 is 0. The minimum absolute atomic E-state index is 0.00174. The highest BCUT2D eigenvalue weighted by molar-refractivity contribution is 6.09. The monoisotopic (exact) mass is 441 g/mol. The molecule has 0 atom stereocenters. The molecule has 33 heavy (non-hydrogen) atoms. The Morgan fingerprint density at radius 1 is 0.909 bits per heavy atom. The largest absolute Gasteiger partial charge is 0.299 e. The molecule has 0 amide bonds. The van der Waals surface area contributed by atoms with Crippen LogP contribution in [0.15, 0.2) is 48.2 Å². The van der Waals surface area contributed by atoms with Gasteiger partial charge in [0, 0.05) is 35.4 Å². The van der Waals surface area contributed by atoms with E-state index >= 15 is 0 Å². The number of rotatable bonds is 3. The zero-order chi connectivity index (χ0) is 24.1. The van der Waals surface area contributed by atoms with Crippen LogP contribution in [0.4, 0.5) is 0 Å². The van der Waals surface area contributed by atoms with E-state index in [-0.39, 0.29) is 22.4 Å². The number of benzene rings is 1. The number of carbonyl (C=O) groups is 2. The Morgan fingerprint density at radius 2 is 1.48 bits per heavy atom. The van der Waals surface area contributed by atoms with Crippen LogP contribution in [0.5, 0.6) is 0 Å². The van der Waals surface area contributed by atoms with Crippen LogP contribution in [0.3, 0.4) is 0 Å². The van der Waals surface area contributed by atoms with Gasteiger partial charge in [0.25, 0.3) is 0 Å². The van der Waals surface area contributed by atoms with Gasteiger partial charge < -0.3 is 0 Å². The number of aryl methyl sites for hydroxylation is 1. The number of Topliss-reactive ketones (excluding diaryl/α,β-unsaturated/α-hetero) is 2. The molecule has 4 rings (SSSR count). The SMILES string of the molecule is CC(C)=C(c1ccc(C2C(=O)CCCC2=O)cn1)c1cc2c(cc1C)C(C)(C)C=CC2(C)C. The summed E-state index contributed by atoms with van der Waals surface area (Å²) in [5, 5.41) is 0. The average molecular weight is 442 g/mol. The van der Waals surface area contributed by atoms with E-state index < -0.39 is 5.92 Å². The van der Waals surface area contributed by atoms with Gasteiger partial charge in [0.2, 0.25) is 0 Å². The van der Waals surface area contributed by atoms with Crippen LogP contribution >= 0.6 is 0 Å². The average Bonchev–Trinajstić information content (AvgIpc) is 2.73. The summed E-state index contributed by atoms with van der Waals surface area (Å²) in [5.41, 5.74) is 9.00. The van der Waals surface area contributed by atoms with E-state index in [2.05, 4.69) is 72.8 Å². The van der Waals surface area contributed by atoms with Gasteiger partial charge in [-0.15, -0.1) is 0 Å². The Morgan fingerprint density at radius 3 is 2.00 bits per heavy atom. The van der Waals surface area contributed by atoms with Gasteiger partial charge in [-0.25, -0.2) is 0 Å². The molecule has 0 bridgehead atoms. The van der Waals surface area contributed by atoms with Gasteiger partial charge in [0.1, 0.15) is 17.5 Å². The van der Waals surface area contributed by atoms with E-state index in [0.717, 1.165) is 16.8 Å². The predicted molar refractivity (Wildman–Crippen MR) is 135 cm³/mol. The van der Waals surface area contributed by atoms with Crippen LogP contribution in [0, 0.1) is 6.92 Å². The van der Waals surface area contributed by atoms with E-state index in [1.54, 1.807) is 6.20 Å². The number of allylic oxidation sites excluding steroid dienone is 3. The van der Waals surface area contributed by atoms with Gasteiger partial charge in [0.05, 0.1) is 5.69 Å². The zero-order valence-corrected chi connectivity index (χ0v) is 21.0. The van der Waals surface area contributed by atoms with E-state index in [1.165, 1.54) is 27.8 Å². The maximum absolute atomic E-state index is 12.4. The quantitative estimate of drug-likeness (QED) is 0.390. The number of pyridine rings is 1. The number of ketones is 2. The molecule has 2 aliphatic carbocycles. The third-order valence-corrected chi connectivity index (χ3v) is 7.31.